The fourth-order valence-electron chi connectivity index (χ4n) is 3.49. The Labute approximate surface area is 158 Å². The molecule has 0 aliphatic heterocycles. The lowest BCUT2D eigenvalue weighted by molar-refractivity contribution is -0.384. The quantitative estimate of drug-likeness (QED) is 0.401. The van der Waals surface area contributed by atoms with E-state index < -0.39 is 4.92 Å². The van der Waals surface area contributed by atoms with Gasteiger partial charge in [-0.3, -0.25) is 14.9 Å². The predicted octanol–water partition coefficient (Wildman–Crippen LogP) is 5.11. The van der Waals surface area contributed by atoms with Crippen molar-refractivity contribution in [3.05, 3.63) is 64.2 Å². The zero-order valence-corrected chi connectivity index (χ0v) is 15.9. The van der Waals surface area contributed by atoms with Gasteiger partial charge in [0.2, 0.25) is 0 Å². The first-order chi connectivity index (χ1) is 12.6. The molecule has 0 atom stereocenters. The van der Waals surface area contributed by atoms with E-state index >= 15 is 0 Å². The van der Waals surface area contributed by atoms with Crippen LogP contribution in [0.3, 0.4) is 0 Å². The number of nitrogens with zero attached hydrogens (tertiary/aromatic N) is 1. The number of rotatable bonds is 6. The second kappa shape index (κ2) is 6.68. The molecule has 0 bridgehead atoms. The average Bonchev–Trinajstić information content (AvgIpc) is 3.02. The summed E-state index contributed by atoms with van der Waals surface area (Å²) in [5.41, 5.74) is 0.726. The van der Waals surface area contributed by atoms with Crippen molar-refractivity contribution < 1.29 is 19.2 Å². The molecule has 0 radical (unpaired) electrons. The molecule has 0 saturated heterocycles. The molecule has 1 fully saturated rings. The summed E-state index contributed by atoms with van der Waals surface area (Å²) in [7, 11) is 0. The summed E-state index contributed by atoms with van der Waals surface area (Å²) in [5.74, 6) is 0.803. The lowest BCUT2D eigenvalue weighted by atomic mass is 10.0. The Hall–Kier alpha value is -2.89. The van der Waals surface area contributed by atoms with Crippen LogP contribution in [0.15, 0.2) is 48.5 Å². The summed E-state index contributed by atoms with van der Waals surface area (Å²) in [6, 6.07) is 13.1. The maximum absolute atomic E-state index is 12.4. The normalized spacial score (nSPS) is 17.2. The number of benzene rings is 2. The van der Waals surface area contributed by atoms with E-state index in [-0.39, 0.29) is 35.0 Å². The summed E-state index contributed by atoms with van der Waals surface area (Å²) in [5, 5.41) is 10.7. The van der Waals surface area contributed by atoms with Crippen LogP contribution in [0.5, 0.6) is 11.5 Å². The Bertz CT molecular complexity index is 856. The second-order valence-electron chi connectivity index (χ2n) is 7.98. The monoisotopic (exact) mass is 369 g/mol. The third-order valence-electron chi connectivity index (χ3n) is 5.82. The molecule has 0 N–H and O–H groups in total. The van der Waals surface area contributed by atoms with Gasteiger partial charge < -0.3 is 9.47 Å². The number of non-ortho nitro benzene ring substituents is 1. The highest BCUT2D eigenvalue weighted by Crippen LogP contribution is 2.68. The molecule has 6 nitrogen and oxygen atoms in total. The minimum Gasteiger partial charge on any atom is -0.461 e. The van der Waals surface area contributed by atoms with Gasteiger partial charge in [0.25, 0.3) is 5.69 Å². The molecule has 0 aromatic heterocycles. The van der Waals surface area contributed by atoms with Crippen LogP contribution in [-0.2, 0) is 16.1 Å². The average molecular weight is 369 g/mol. The minimum absolute atomic E-state index is 0.00828. The number of hydrogen-bond acceptors (Lipinski definition) is 5. The highest BCUT2D eigenvalue weighted by atomic mass is 16.6. The molecule has 1 saturated carbocycles. The zero-order chi connectivity index (χ0) is 19.8. The van der Waals surface area contributed by atoms with Gasteiger partial charge in [-0.1, -0.05) is 39.8 Å². The molecule has 27 heavy (non-hydrogen) atoms. The van der Waals surface area contributed by atoms with E-state index in [4.69, 9.17) is 9.47 Å². The molecule has 0 unspecified atom stereocenters. The lowest BCUT2D eigenvalue weighted by Gasteiger charge is -2.09. The first kappa shape index (κ1) is 18.9. The Balaban J connectivity index is 1.61. The van der Waals surface area contributed by atoms with Gasteiger partial charge in [0.15, 0.2) is 0 Å². The molecule has 2 aromatic carbocycles. The van der Waals surface area contributed by atoms with Crippen LogP contribution >= 0.6 is 0 Å². The Morgan fingerprint density at radius 2 is 1.67 bits per heavy atom. The van der Waals surface area contributed by atoms with Gasteiger partial charge in [0.1, 0.15) is 18.1 Å². The Morgan fingerprint density at radius 1 is 1.04 bits per heavy atom. The van der Waals surface area contributed by atoms with Crippen LogP contribution < -0.4 is 4.74 Å². The van der Waals surface area contributed by atoms with E-state index in [1.807, 2.05) is 12.1 Å². The Kier molecular flexibility index (Phi) is 4.68. The lowest BCUT2D eigenvalue weighted by Crippen LogP contribution is -2.11. The smallest absolute Gasteiger partial charge is 0.310 e. The van der Waals surface area contributed by atoms with E-state index in [0.717, 1.165) is 5.56 Å². The molecule has 0 amide bonds. The fourth-order valence-corrected chi connectivity index (χ4v) is 3.49. The van der Waals surface area contributed by atoms with E-state index in [2.05, 4.69) is 27.7 Å². The fraction of sp³-hybridized carbons (Fsp3) is 0.381. The van der Waals surface area contributed by atoms with E-state index in [1.165, 1.54) is 12.1 Å². The maximum atomic E-state index is 12.4. The predicted molar refractivity (Wildman–Crippen MR) is 100 cm³/mol. The van der Waals surface area contributed by atoms with Crippen molar-refractivity contribution >= 4 is 11.7 Å². The van der Waals surface area contributed by atoms with E-state index in [0.29, 0.717) is 11.5 Å². The highest BCUT2D eigenvalue weighted by Gasteiger charge is 2.69. The molecule has 6 heteroatoms. The molecule has 142 valence electrons. The van der Waals surface area contributed by atoms with Crippen LogP contribution in [0.1, 0.15) is 33.3 Å². The summed E-state index contributed by atoms with van der Waals surface area (Å²) < 4.78 is 11.2. The van der Waals surface area contributed by atoms with Crippen LogP contribution in [-0.4, -0.2) is 10.9 Å². The third-order valence-corrected chi connectivity index (χ3v) is 5.82. The van der Waals surface area contributed by atoms with Crippen molar-refractivity contribution in [2.75, 3.05) is 0 Å². The molecule has 3 rings (SSSR count). The van der Waals surface area contributed by atoms with Gasteiger partial charge in [-0.25, -0.2) is 0 Å². The van der Waals surface area contributed by atoms with Crippen LogP contribution in [0, 0.1) is 26.9 Å². The first-order valence-electron chi connectivity index (χ1n) is 8.81. The first-order valence-corrected chi connectivity index (χ1v) is 8.81. The number of ether oxygens (including phenoxy) is 2. The van der Waals surface area contributed by atoms with Crippen LogP contribution in [0.2, 0.25) is 0 Å². The number of carbonyl (C=O) groups excluding carboxylic acids is 1. The van der Waals surface area contributed by atoms with Crippen LogP contribution in [0.4, 0.5) is 5.69 Å². The van der Waals surface area contributed by atoms with Gasteiger partial charge in [0, 0.05) is 12.1 Å². The van der Waals surface area contributed by atoms with Crippen LogP contribution in [0.25, 0.3) is 0 Å². The SMILES string of the molecule is CC1(C)C(C(=O)OCc2cccc(Oc3ccc([N+](=O)[O-])cc3)c2)C1(C)C. The molecule has 1 aliphatic rings. The standard InChI is InChI=1S/C21H23NO5/c1-20(2)18(21(20,3)4)19(23)26-13-14-6-5-7-17(12-14)27-16-10-8-15(9-11-16)22(24)25/h5-12,18H,13H2,1-4H3. The van der Waals surface area contributed by atoms with E-state index in [1.54, 1.807) is 24.3 Å². The van der Waals surface area contributed by atoms with Crippen molar-refractivity contribution in [3.8, 4) is 11.5 Å². The van der Waals surface area contributed by atoms with E-state index in [9.17, 15) is 14.9 Å². The molecular weight excluding hydrogens is 346 g/mol. The van der Waals surface area contributed by atoms with Gasteiger partial charge in [-0.15, -0.1) is 0 Å². The molecule has 2 aromatic rings. The van der Waals surface area contributed by atoms with Crippen molar-refractivity contribution in [2.45, 2.75) is 34.3 Å². The topological polar surface area (TPSA) is 78.7 Å². The Morgan fingerprint density at radius 3 is 2.22 bits per heavy atom. The number of nitro benzene ring substituents is 1. The van der Waals surface area contributed by atoms with Crippen molar-refractivity contribution in [1.29, 1.82) is 0 Å². The summed E-state index contributed by atoms with van der Waals surface area (Å²) in [4.78, 5) is 22.6. The zero-order valence-electron chi connectivity index (χ0n) is 15.9. The molecule has 0 heterocycles. The van der Waals surface area contributed by atoms with Gasteiger partial charge in [-0.2, -0.15) is 0 Å². The van der Waals surface area contributed by atoms with Gasteiger partial charge in [-0.05, 0) is 40.7 Å². The highest BCUT2D eigenvalue weighted by molar-refractivity contribution is 5.78. The van der Waals surface area contributed by atoms with Gasteiger partial charge >= 0.3 is 5.97 Å². The summed E-state index contributed by atoms with van der Waals surface area (Å²) in [6.45, 7) is 8.50. The number of carbonyl (C=O) groups is 1. The number of esters is 1. The number of hydrogen-bond donors (Lipinski definition) is 0. The van der Waals surface area contributed by atoms with Crippen molar-refractivity contribution in [1.82, 2.24) is 0 Å². The summed E-state index contributed by atoms with van der Waals surface area (Å²) >= 11 is 0. The van der Waals surface area contributed by atoms with Gasteiger partial charge in [0.05, 0.1) is 10.8 Å². The molecular formula is C21H23NO5. The minimum atomic E-state index is -0.457. The third kappa shape index (κ3) is 3.65. The largest absolute Gasteiger partial charge is 0.461 e. The number of nitro groups is 1. The second-order valence-corrected chi connectivity index (χ2v) is 7.98. The maximum Gasteiger partial charge on any atom is 0.310 e. The molecule has 0 spiro atoms. The summed E-state index contributed by atoms with van der Waals surface area (Å²) in [6.07, 6.45) is 0. The molecule has 1 aliphatic carbocycles. The van der Waals surface area contributed by atoms with Crippen molar-refractivity contribution in [2.24, 2.45) is 16.7 Å². The van der Waals surface area contributed by atoms with Crippen molar-refractivity contribution in [3.63, 3.8) is 0 Å².